The molecular weight excluding hydrogens is 351 g/mol. The standard InChI is InChI=1S/C17H24Cl2N2O3/c1-17(2,3)24-16(23)21-8-6-20(7-9-21)11-15(22)13-5-4-12(18)10-14(13)19/h4-5,10,15,22H,6-9,11H2,1-3H3. The number of halogens is 2. The Morgan fingerprint density at radius 1 is 1.25 bits per heavy atom. The Hall–Kier alpha value is -1.01. The van der Waals surface area contributed by atoms with Crippen LogP contribution in [0.4, 0.5) is 4.79 Å². The summed E-state index contributed by atoms with van der Waals surface area (Å²) in [7, 11) is 0. The molecule has 0 aliphatic carbocycles. The van der Waals surface area contributed by atoms with Crippen molar-refractivity contribution in [3.8, 4) is 0 Å². The molecule has 0 radical (unpaired) electrons. The van der Waals surface area contributed by atoms with Gasteiger partial charge in [0.1, 0.15) is 5.60 Å². The van der Waals surface area contributed by atoms with E-state index in [4.69, 9.17) is 27.9 Å². The monoisotopic (exact) mass is 374 g/mol. The summed E-state index contributed by atoms with van der Waals surface area (Å²) >= 11 is 12.0. The van der Waals surface area contributed by atoms with Gasteiger partial charge in [-0.15, -0.1) is 0 Å². The predicted octanol–water partition coefficient (Wildman–Crippen LogP) is 3.58. The van der Waals surface area contributed by atoms with Crippen LogP contribution in [0.1, 0.15) is 32.4 Å². The number of carbonyl (C=O) groups excluding carboxylic acids is 1. The molecule has 1 unspecified atom stereocenters. The lowest BCUT2D eigenvalue weighted by Gasteiger charge is -2.36. The number of aliphatic hydroxyl groups is 1. The van der Waals surface area contributed by atoms with Crippen LogP contribution >= 0.6 is 23.2 Å². The molecule has 1 aliphatic heterocycles. The Bertz CT molecular complexity index is 582. The third-order valence-electron chi connectivity index (χ3n) is 3.78. The van der Waals surface area contributed by atoms with Crippen LogP contribution in [0.25, 0.3) is 0 Å². The van der Waals surface area contributed by atoms with Crippen molar-refractivity contribution in [2.45, 2.75) is 32.5 Å². The molecule has 0 saturated carbocycles. The molecular formula is C17H24Cl2N2O3. The number of benzene rings is 1. The van der Waals surface area contributed by atoms with E-state index in [2.05, 4.69) is 4.90 Å². The first-order chi connectivity index (χ1) is 11.2. The third kappa shape index (κ3) is 5.52. The minimum absolute atomic E-state index is 0.288. The van der Waals surface area contributed by atoms with Gasteiger partial charge in [-0.2, -0.15) is 0 Å². The highest BCUT2D eigenvalue weighted by Crippen LogP contribution is 2.27. The van der Waals surface area contributed by atoms with Gasteiger partial charge in [0.25, 0.3) is 0 Å². The SMILES string of the molecule is CC(C)(C)OC(=O)N1CCN(CC(O)c2ccc(Cl)cc2Cl)CC1. The van der Waals surface area contributed by atoms with Gasteiger partial charge in [0, 0.05) is 48.3 Å². The Balaban J connectivity index is 1.85. The summed E-state index contributed by atoms with van der Waals surface area (Å²) in [6, 6.07) is 5.08. The van der Waals surface area contributed by atoms with Crippen LogP contribution in [-0.4, -0.2) is 59.3 Å². The fourth-order valence-corrected chi connectivity index (χ4v) is 3.09. The number of rotatable bonds is 3. The van der Waals surface area contributed by atoms with E-state index in [1.54, 1.807) is 23.1 Å². The van der Waals surface area contributed by atoms with E-state index in [0.717, 1.165) is 0 Å². The van der Waals surface area contributed by atoms with Crippen LogP contribution in [0.15, 0.2) is 18.2 Å². The van der Waals surface area contributed by atoms with E-state index in [-0.39, 0.29) is 6.09 Å². The number of β-amino-alcohol motifs (C(OH)–C–C–N with tert-alkyl or cyclic N) is 1. The maximum absolute atomic E-state index is 12.0. The van der Waals surface area contributed by atoms with E-state index in [1.807, 2.05) is 20.8 Å². The van der Waals surface area contributed by atoms with Crippen molar-refractivity contribution in [3.63, 3.8) is 0 Å². The first-order valence-corrected chi connectivity index (χ1v) is 8.74. The zero-order valence-electron chi connectivity index (χ0n) is 14.3. The fourth-order valence-electron chi connectivity index (χ4n) is 2.55. The summed E-state index contributed by atoms with van der Waals surface area (Å²) in [6.45, 7) is 8.55. The van der Waals surface area contributed by atoms with Gasteiger partial charge in [-0.25, -0.2) is 4.79 Å². The largest absolute Gasteiger partial charge is 0.444 e. The molecule has 1 aromatic carbocycles. The summed E-state index contributed by atoms with van der Waals surface area (Å²) in [5, 5.41) is 11.4. The number of piperazine rings is 1. The maximum Gasteiger partial charge on any atom is 0.410 e. The fraction of sp³-hybridized carbons (Fsp3) is 0.588. The van der Waals surface area contributed by atoms with Crippen LogP contribution in [-0.2, 0) is 4.74 Å². The van der Waals surface area contributed by atoms with E-state index < -0.39 is 11.7 Å². The summed E-state index contributed by atoms with van der Waals surface area (Å²) < 4.78 is 5.38. The zero-order chi connectivity index (χ0) is 17.9. The normalized spacial score (nSPS) is 17.7. The predicted molar refractivity (Wildman–Crippen MR) is 95.7 cm³/mol. The molecule has 0 aromatic heterocycles. The van der Waals surface area contributed by atoms with E-state index in [9.17, 15) is 9.90 Å². The second-order valence-corrected chi connectivity index (χ2v) is 7.79. The molecule has 1 aromatic rings. The van der Waals surface area contributed by atoms with E-state index >= 15 is 0 Å². The molecule has 1 saturated heterocycles. The van der Waals surface area contributed by atoms with Gasteiger partial charge in [-0.1, -0.05) is 29.3 Å². The van der Waals surface area contributed by atoms with E-state index in [0.29, 0.717) is 48.3 Å². The minimum atomic E-state index is -0.692. The van der Waals surface area contributed by atoms with Gasteiger partial charge < -0.3 is 14.7 Å². The number of nitrogens with zero attached hydrogens (tertiary/aromatic N) is 2. The topological polar surface area (TPSA) is 53.0 Å². The maximum atomic E-state index is 12.0. The van der Waals surface area contributed by atoms with Gasteiger partial charge >= 0.3 is 6.09 Å². The Morgan fingerprint density at radius 2 is 1.88 bits per heavy atom. The van der Waals surface area contributed by atoms with Crippen molar-refractivity contribution >= 4 is 29.3 Å². The Morgan fingerprint density at radius 3 is 2.42 bits per heavy atom. The summed E-state index contributed by atoms with van der Waals surface area (Å²) in [6.07, 6.45) is -0.980. The van der Waals surface area contributed by atoms with Crippen LogP contribution < -0.4 is 0 Å². The van der Waals surface area contributed by atoms with Crippen molar-refractivity contribution in [1.29, 1.82) is 0 Å². The molecule has 1 fully saturated rings. The van der Waals surface area contributed by atoms with E-state index in [1.165, 1.54) is 0 Å². The highest BCUT2D eigenvalue weighted by atomic mass is 35.5. The van der Waals surface area contributed by atoms with Gasteiger partial charge in [-0.05, 0) is 32.9 Å². The number of hydrogen-bond donors (Lipinski definition) is 1. The Labute approximate surface area is 153 Å². The molecule has 134 valence electrons. The second-order valence-electron chi connectivity index (χ2n) is 6.95. The summed E-state index contributed by atoms with van der Waals surface area (Å²) in [5.41, 5.74) is 0.172. The van der Waals surface area contributed by atoms with Crippen molar-refractivity contribution in [1.82, 2.24) is 9.80 Å². The lowest BCUT2D eigenvalue weighted by molar-refractivity contribution is 0.0101. The molecule has 1 N–H and O–H groups in total. The number of carbonyl (C=O) groups is 1. The summed E-state index contributed by atoms with van der Waals surface area (Å²) in [4.78, 5) is 15.9. The zero-order valence-corrected chi connectivity index (χ0v) is 15.8. The Kier molecular flexibility index (Phi) is 6.37. The number of amides is 1. The second kappa shape index (κ2) is 7.91. The van der Waals surface area contributed by atoms with Gasteiger partial charge in [-0.3, -0.25) is 4.90 Å². The van der Waals surface area contributed by atoms with Gasteiger partial charge in [0.2, 0.25) is 0 Å². The molecule has 1 amide bonds. The van der Waals surface area contributed by atoms with Crippen LogP contribution in [0.2, 0.25) is 10.0 Å². The average Bonchev–Trinajstić information content (AvgIpc) is 2.45. The van der Waals surface area contributed by atoms with Crippen molar-refractivity contribution in [2.75, 3.05) is 32.7 Å². The number of aliphatic hydroxyl groups excluding tert-OH is 1. The quantitative estimate of drug-likeness (QED) is 0.878. The minimum Gasteiger partial charge on any atom is -0.444 e. The highest BCUT2D eigenvalue weighted by Gasteiger charge is 2.27. The van der Waals surface area contributed by atoms with Crippen molar-refractivity contribution in [3.05, 3.63) is 33.8 Å². The van der Waals surface area contributed by atoms with Crippen LogP contribution in [0.5, 0.6) is 0 Å². The van der Waals surface area contributed by atoms with Crippen LogP contribution in [0.3, 0.4) is 0 Å². The first-order valence-electron chi connectivity index (χ1n) is 7.99. The number of hydrogen-bond acceptors (Lipinski definition) is 4. The molecule has 2 rings (SSSR count). The lowest BCUT2D eigenvalue weighted by atomic mass is 10.1. The summed E-state index contributed by atoms with van der Waals surface area (Å²) in [5.74, 6) is 0. The van der Waals surface area contributed by atoms with Crippen LogP contribution in [0, 0.1) is 0 Å². The molecule has 1 heterocycles. The molecule has 1 aliphatic rings. The molecule has 5 nitrogen and oxygen atoms in total. The molecule has 7 heteroatoms. The first kappa shape index (κ1) is 19.3. The van der Waals surface area contributed by atoms with Gasteiger partial charge in [0.05, 0.1) is 6.10 Å². The third-order valence-corrected chi connectivity index (χ3v) is 4.34. The average molecular weight is 375 g/mol. The smallest absolute Gasteiger partial charge is 0.410 e. The molecule has 0 spiro atoms. The molecule has 0 bridgehead atoms. The lowest BCUT2D eigenvalue weighted by Crippen LogP contribution is -2.50. The van der Waals surface area contributed by atoms with Crippen molar-refractivity contribution in [2.24, 2.45) is 0 Å². The molecule has 1 atom stereocenters. The van der Waals surface area contributed by atoms with Crippen molar-refractivity contribution < 1.29 is 14.6 Å². The molecule has 24 heavy (non-hydrogen) atoms. The number of ether oxygens (including phenoxy) is 1. The highest BCUT2D eigenvalue weighted by molar-refractivity contribution is 6.35. The van der Waals surface area contributed by atoms with Gasteiger partial charge in [0.15, 0.2) is 0 Å².